The monoisotopic (exact) mass is 349 g/mol. The summed E-state index contributed by atoms with van der Waals surface area (Å²) in [5.41, 5.74) is 0.774. The van der Waals surface area contributed by atoms with Crippen LogP contribution in [0.2, 0.25) is 0 Å². The zero-order chi connectivity index (χ0) is 15.9. The van der Waals surface area contributed by atoms with Gasteiger partial charge >= 0.3 is 23.0 Å². The van der Waals surface area contributed by atoms with Crippen molar-refractivity contribution in [3.63, 3.8) is 0 Å². The zero-order valence-electron chi connectivity index (χ0n) is 11.9. The van der Waals surface area contributed by atoms with Gasteiger partial charge in [0.05, 0.1) is 5.57 Å². The fourth-order valence-corrected chi connectivity index (χ4v) is 1.86. The zero-order valence-corrected chi connectivity index (χ0v) is 13.0. The van der Waals surface area contributed by atoms with Crippen molar-refractivity contribution in [2.45, 2.75) is 0 Å². The third-order valence-electron chi connectivity index (χ3n) is 2.98. The van der Waals surface area contributed by atoms with Gasteiger partial charge in [-0.2, -0.15) is 18.2 Å². The maximum atomic E-state index is 13.4. The Morgan fingerprint density at radius 1 is 1.22 bits per heavy atom. The fraction of sp³-hybridized carbons (Fsp3) is 0. The first kappa shape index (κ1) is 18.5. The molecule has 23 heavy (non-hydrogen) atoms. The topological polar surface area (TPSA) is 59.6 Å². The van der Waals surface area contributed by atoms with Crippen LogP contribution in [-0.2, 0) is 21.9 Å². The third kappa shape index (κ3) is 4.97. The molecule has 1 N–H and O–H groups in total. The van der Waals surface area contributed by atoms with Crippen molar-refractivity contribution in [2.75, 3.05) is 0 Å². The van der Waals surface area contributed by atoms with Crippen LogP contribution in [0.25, 0.3) is 11.0 Å². The summed E-state index contributed by atoms with van der Waals surface area (Å²) in [4.78, 5) is 10.7. The van der Waals surface area contributed by atoms with E-state index in [1.165, 1.54) is 24.3 Å². The standard InChI is InChI=1S/C13H7FNO2.C5H5.Fe/c14-12-6-9(2-4-11(12)7-15)8-1-3-10(5-8)13(16)17;1-2-4-5-3-1;/h1-6H,(H,16,17);1-5H;/q2*-1;+2/b9-8-;;. The van der Waals surface area contributed by atoms with Crippen LogP contribution in [0.15, 0.2) is 72.3 Å². The molecular formula is C18H12FFeNO2. The molecule has 0 aromatic heterocycles. The molecule has 0 saturated heterocycles. The van der Waals surface area contributed by atoms with Gasteiger partial charge in [0.15, 0.2) is 0 Å². The van der Waals surface area contributed by atoms with E-state index >= 15 is 0 Å². The van der Waals surface area contributed by atoms with Crippen LogP contribution in [0.4, 0.5) is 4.39 Å². The van der Waals surface area contributed by atoms with Gasteiger partial charge in [0, 0.05) is 5.22 Å². The molecule has 1 aliphatic carbocycles. The van der Waals surface area contributed by atoms with Crippen molar-refractivity contribution in [3.05, 3.63) is 94.0 Å². The molecule has 0 aliphatic heterocycles. The minimum absolute atomic E-state index is 0. The van der Waals surface area contributed by atoms with Gasteiger partial charge in [-0.25, -0.2) is 21.3 Å². The first-order valence-corrected chi connectivity index (χ1v) is 6.48. The quantitative estimate of drug-likeness (QED) is 0.486. The maximum Gasteiger partial charge on any atom is 2.00 e. The van der Waals surface area contributed by atoms with Crippen LogP contribution in [0.1, 0.15) is 0 Å². The van der Waals surface area contributed by atoms with Crippen molar-refractivity contribution in [2.24, 2.45) is 0 Å². The van der Waals surface area contributed by atoms with Crippen molar-refractivity contribution >= 4 is 17.4 Å². The van der Waals surface area contributed by atoms with Crippen molar-refractivity contribution < 1.29 is 31.4 Å². The summed E-state index contributed by atoms with van der Waals surface area (Å²) >= 11 is 0. The molecule has 0 bridgehead atoms. The number of hydrogen-bond donors (Lipinski definition) is 1. The van der Waals surface area contributed by atoms with E-state index < -0.39 is 11.8 Å². The summed E-state index contributed by atoms with van der Waals surface area (Å²) in [6.07, 6.45) is 4.52. The summed E-state index contributed by atoms with van der Waals surface area (Å²) in [5.74, 6) is 0.0972. The second-order valence-corrected chi connectivity index (χ2v) is 4.46. The number of carbonyl (C=O) groups is 1. The van der Waals surface area contributed by atoms with Gasteiger partial charge < -0.3 is 10.5 Å². The molecule has 0 radical (unpaired) electrons. The molecule has 2 aromatic rings. The molecule has 2 aromatic carbocycles. The molecule has 0 amide bonds. The van der Waals surface area contributed by atoms with Gasteiger partial charge in [0.2, 0.25) is 0 Å². The van der Waals surface area contributed by atoms with Crippen LogP contribution in [-0.4, -0.2) is 16.9 Å². The van der Waals surface area contributed by atoms with Crippen LogP contribution in [0.3, 0.4) is 0 Å². The Hall–Kier alpha value is -2.58. The molecule has 0 atom stereocenters. The Labute approximate surface area is 143 Å². The van der Waals surface area contributed by atoms with E-state index in [9.17, 15) is 9.18 Å². The molecule has 3 rings (SSSR count). The number of halogens is 1. The van der Waals surface area contributed by atoms with E-state index in [1.807, 2.05) is 30.3 Å². The number of nitrogens with zero attached hydrogens (tertiary/aromatic N) is 1. The van der Waals surface area contributed by atoms with Gasteiger partial charge in [-0.3, -0.25) is 5.87 Å². The number of benzene rings is 1. The fourth-order valence-electron chi connectivity index (χ4n) is 1.86. The number of allylic oxidation sites excluding steroid dienone is 2. The molecular weight excluding hydrogens is 337 g/mol. The predicted molar refractivity (Wildman–Crippen MR) is 83.4 cm³/mol. The Morgan fingerprint density at radius 2 is 1.91 bits per heavy atom. The van der Waals surface area contributed by atoms with E-state index in [4.69, 9.17) is 10.5 Å². The van der Waals surface area contributed by atoms with E-state index in [-0.39, 0.29) is 27.9 Å². The minimum atomic E-state index is -1.02. The van der Waals surface area contributed by atoms with Gasteiger partial charge in [-0.1, -0.05) is 12.1 Å². The van der Waals surface area contributed by atoms with Crippen molar-refractivity contribution in [1.82, 2.24) is 0 Å². The second kappa shape index (κ2) is 8.76. The summed E-state index contributed by atoms with van der Waals surface area (Å²) < 4.78 is 13.4. The Kier molecular flexibility index (Phi) is 7.04. The molecule has 3 nitrogen and oxygen atoms in total. The molecule has 5 heteroatoms. The van der Waals surface area contributed by atoms with Gasteiger partial charge in [0.1, 0.15) is 5.82 Å². The average Bonchev–Trinajstić information content (AvgIpc) is 3.21. The van der Waals surface area contributed by atoms with E-state index in [0.717, 1.165) is 0 Å². The summed E-state index contributed by atoms with van der Waals surface area (Å²) in [7, 11) is 0. The summed E-state index contributed by atoms with van der Waals surface area (Å²) in [6, 6.07) is 14.2. The number of carboxylic acid groups (broad SMARTS) is 1. The van der Waals surface area contributed by atoms with Crippen molar-refractivity contribution in [1.29, 1.82) is 0 Å². The Balaban J connectivity index is 0.000000377. The third-order valence-corrected chi connectivity index (χ3v) is 2.98. The Morgan fingerprint density at radius 3 is 2.35 bits per heavy atom. The number of carboxylic acids is 1. The largest absolute Gasteiger partial charge is 2.00 e. The van der Waals surface area contributed by atoms with Gasteiger partial charge in [0.25, 0.3) is 0 Å². The van der Waals surface area contributed by atoms with E-state index in [2.05, 4.69) is 0 Å². The Bertz CT molecular complexity index is 859. The summed E-state index contributed by atoms with van der Waals surface area (Å²) in [5, 5.41) is 17.9. The minimum Gasteiger partial charge on any atom is -0.763 e. The average molecular weight is 349 g/mol. The van der Waals surface area contributed by atoms with E-state index in [0.29, 0.717) is 10.8 Å². The summed E-state index contributed by atoms with van der Waals surface area (Å²) in [6.45, 7) is 0. The smallest absolute Gasteiger partial charge is 0.763 e. The first-order valence-electron chi connectivity index (χ1n) is 6.48. The van der Waals surface area contributed by atoms with Gasteiger partial charge in [-0.15, -0.1) is 0 Å². The molecule has 0 fully saturated rings. The number of hydrogen-bond acceptors (Lipinski definition) is 1. The SMILES string of the molecule is [Fe+2].[N-]=C=c1cc/c(=C2\C=CC(C(=O)O)=C2)cc1F.c1cc[cH-]c1. The van der Waals surface area contributed by atoms with E-state index in [1.54, 1.807) is 18.0 Å². The second-order valence-electron chi connectivity index (χ2n) is 4.46. The molecule has 0 saturated carbocycles. The maximum absolute atomic E-state index is 13.4. The number of rotatable bonds is 1. The first-order chi connectivity index (χ1) is 10.6. The van der Waals surface area contributed by atoms with Crippen molar-refractivity contribution in [3.8, 4) is 0 Å². The normalized spacial score (nSPS) is 14.0. The molecule has 116 valence electrons. The van der Waals surface area contributed by atoms with Crippen LogP contribution in [0, 0.1) is 5.82 Å². The van der Waals surface area contributed by atoms with Crippen LogP contribution < -0.4 is 10.4 Å². The predicted octanol–water partition coefficient (Wildman–Crippen LogP) is 1.87. The molecule has 0 heterocycles. The molecule has 0 unspecified atom stereocenters. The van der Waals surface area contributed by atoms with Crippen LogP contribution in [0.5, 0.6) is 0 Å². The molecule has 0 spiro atoms. The number of aliphatic carboxylic acids is 1. The van der Waals surface area contributed by atoms with Crippen LogP contribution >= 0.6 is 0 Å². The van der Waals surface area contributed by atoms with Gasteiger partial charge in [-0.05, 0) is 35.1 Å². The molecule has 1 aliphatic rings.